The molecule has 1 aromatic rings. The maximum atomic E-state index is 5.82. The van der Waals surface area contributed by atoms with Gasteiger partial charge in [0.1, 0.15) is 0 Å². The van der Waals surface area contributed by atoms with Crippen LogP contribution in [0.1, 0.15) is 12.0 Å². The molecule has 0 saturated carbocycles. The van der Waals surface area contributed by atoms with Crippen LogP contribution < -0.4 is 11.5 Å². The van der Waals surface area contributed by atoms with Gasteiger partial charge in [0.25, 0.3) is 0 Å². The fourth-order valence-corrected chi connectivity index (χ4v) is 1.37. The lowest BCUT2D eigenvalue weighted by molar-refractivity contribution is 1.32. The van der Waals surface area contributed by atoms with Crippen LogP contribution in [0.3, 0.4) is 0 Å². The number of nitrogens with two attached hydrogens (primary N) is 2. The molecule has 0 saturated heterocycles. The summed E-state index contributed by atoms with van der Waals surface area (Å²) in [7, 11) is 0. The molecule has 0 aliphatic heterocycles. The maximum Gasteiger partial charge on any atom is 0.0740 e. The zero-order valence-electron chi connectivity index (χ0n) is 7.20. The summed E-state index contributed by atoms with van der Waals surface area (Å²) >= 11 is 0. The van der Waals surface area contributed by atoms with Crippen LogP contribution in [0.25, 0.3) is 5.57 Å². The Morgan fingerprint density at radius 2 is 2.08 bits per heavy atom. The molecule has 0 bridgehead atoms. The molecule has 1 aliphatic carbocycles. The van der Waals surface area contributed by atoms with E-state index in [9.17, 15) is 0 Å². The van der Waals surface area contributed by atoms with Gasteiger partial charge in [-0.05, 0) is 12.0 Å². The van der Waals surface area contributed by atoms with Crippen LogP contribution >= 0.6 is 0 Å². The van der Waals surface area contributed by atoms with E-state index >= 15 is 0 Å². The Labute approximate surface area is 76.8 Å². The van der Waals surface area contributed by atoms with Crippen LogP contribution in [-0.2, 0) is 0 Å². The van der Waals surface area contributed by atoms with Crippen LogP contribution in [0.5, 0.6) is 0 Å². The van der Waals surface area contributed by atoms with E-state index in [2.05, 4.69) is 17.1 Å². The third kappa shape index (κ3) is 1.28. The average Bonchev–Trinajstić information content (AvgIpc) is 2.62. The Bertz CT molecular complexity index is 391. The number of rotatable bonds is 1. The van der Waals surface area contributed by atoms with Gasteiger partial charge in [-0.3, -0.25) is 4.98 Å². The van der Waals surface area contributed by atoms with Crippen molar-refractivity contribution in [2.45, 2.75) is 6.42 Å². The first-order chi connectivity index (χ1) is 6.29. The molecule has 3 heteroatoms. The molecular formula is C10H11N3. The van der Waals surface area contributed by atoms with Gasteiger partial charge in [0.2, 0.25) is 0 Å². The SMILES string of the molecule is Nc1cncc(C2=CCC=C2)c1N. The predicted octanol–water partition coefficient (Wildman–Crippen LogP) is 1.59. The smallest absolute Gasteiger partial charge is 0.0740 e. The van der Waals surface area contributed by atoms with Gasteiger partial charge in [0, 0.05) is 11.8 Å². The third-order valence-electron chi connectivity index (χ3n) is 2.10. The van der Waals surface area contributed by atoms with Crippen LogP contribution in [0, 0.1) is 0 Å². The molecule has 0 atom stereocenters. The molecule has 1 heterocycles. The lowest BCUT2D eigenvalue weighted by Crippen LogP contribution is -1.99. The summed E-state index contributed by atoms with van der Waals surface area (Å²) in [6, 6.07) is 0. The first-order valence-electron chi connectivity index (χ1n) is 4.15. The highest BCUT2D eigenvalue weighted by Gasteiger charge is 2.07. The van der Waals surface area contributed by atoms with Crippen molar-refractivity contribution in [3.05, 3.63) is 36.2 Å². The standard InChI is InChI=1S/C10H11N3/c11-9-6-13-5-8(10(9)12)7-3-1-2-4-7/h1,3-6H,2,11H2,(H2,12,13). The highest BCUT2D eigenvalue weighted by atomic mass is 14.7. The second-order valence-electron chi connectivity index (χ2n) is 2.99. The fraction of sp³-hybridized carbons (Fsp3) is 0.100. The monoisotopic (exact) mass is 173 g/mol. The van der Waals surface area contributed by atoms with Crippen molar-refractivity contribution < 1.29 is 0 Å². The zero-order valence-corrected chi connectivity index (χ0v) is 7.20. The topological polar surface area (TPSA) is 64.9 Å². The lowest BCUT2D eigenvalue weighted by atomic mass is 10.1. The summed E-state index contributed by atoms with van der Waals surface area (Å²) in [5, 5.41) is 0. The minimum absolute atomic E-state index is 0.540. The molecule has 0 radical (unpaired) electrons. The first kappa shape index (κ1) is 7.86. The van der Waals surface area contributed by atoms with E-state index in [1.54, 1.807) is 12.4 Å². The van der Waals surface area contributed by atoms with E-state index in [1.165, 1.54) is 0 Å². The highest BCUT2D eigenvalue weighted by Crippen LogP contribution is 2.28. The van der Waals surface area contributed by atoms with Gasteiger partial charge in [-0.2, -0.15) is 0 Å². The van der Waals surface area contributed by atoms with E-state index < -0.39 is 0 Å². The number of anilines is 2. The van der Waals surface area contributed by atoms with Crippen molar-refractivity contribution >= 4 is 16.9 Å². The number of nitrogens with zero attached hydrogens (tertiary/aromatic N) is 1. The first-order valence-corrected chi connectivity index (χ1v) is 4.15. The Morgan fingerprint density at radius 3 is 2.77 bits per heavy atom. The minimum Gasteiger partial charge on any atom is -0.396 e. The number of hydrogen-bond donors (Lipinski definition) is 2. The normalized spacial score (nSPS) is 14.6. The van der Waals surface area contributed by atoms with Gasteiger partial charge in [-0.15, -0.1) is 0 Å². The van der Waals surface area contributed by atoms with Crippen molar-refractivity contribution in [2.75, 3.05) is 11.5 Å². The molecule has 13 heavy (non-hydrogen) atoms. The molecule has 66 valence electrons. The van der Waals surface area contributed by atoms with Gasteiger partial charge in [0.15, 0.2) is 0 Å². The number of hydrogen-bond acceptors (Lipinski definition) is 3. The van der Waals surface area contributed by atoms with Crippen molar-refractivity contribution in [1.29, 1.82) is 0 Å². The molecule has 0 aromatic carbocycles. The minimum atomic E-state index is 0.540. The second kappa shape index (κ2) is 2.94. The van der Waals surface area contributed by atoms with Crippen LogP contribution in [0.2, 0.25) is 0 Å². The van der Waals surface area contributed by atoms with Gasteiger partial charge in [-0.1, -0.05) is 18.2 Å². The van der Waals surface area contributed by atoms with Crippen LogP contribution in [0.15, 0.2) is 30.6 Å². The van der Waals surface area contributed by atoms with Crippen molar-refractivity contribution in [3.63, 3.8) is 0 Å². The maximum absolute atomic E-state index is 5.82. The molecule has 1 aromatic heterocycles. The van der Waals surface area contributed by atoms with Gasteiger partial charge >= 0.3 is 0 Å². The predicted molar refractivity (Wildman–Crippen MR) is 54.8 cm³/mol. The van der Waals surface area contributed by atoms with E-state index in [0.29, 0.717) is 11.4 Å². The summed E-state index contributed by atoms with van der Waals surface area (Å²) in [6.45, 7) is 0. The molecule has 0 fully saturated rings. The van der Waals surface area contributed by atoms with Crippen molar-refractivity contribution in [3.8, 4) is 0 Å². The van der Waals surface area contributed by atoms with Gasteiger partial charge in [-0.25, -0.2) is 0 Å². The van der Waals surface area contributed by atoms with Crippen LogP contribution in [0.4, 0.5) is 11.4 Å². The highest BCUT2D eigenvalue weighted by molar-refractivity contribution is 5.86. The molecule has 2 rings (SSSR count). The largest absolute Gasteiger partial charge is 0.396 e. The molecule has 1 aliphatic rings. The van der Waals surface area contributed by atoms with E-state index in [1.807, 2.05) is 6.08 Å². The molecular weight excluding hydrogens is 162 g/mol. The van der Waals surface area contributed by atoms with E-state index in [4.69, 9.17) is 11.5 Å². The molecule has 0 unspecified atom stereocenters. The average molecular weight is 173 g/mol. The quantitative estimate of drug-likeness (QED) is 0.677. The van der Waals surface area contributed by atoms with Crippen LogP contribution in [-0.4, -0.2) is 4.98 Å². The molecule has 3 nitrogen and oxygen atoms in total. The Morgan fingerprint density at radius 1 is 1.23 bits per heavy atom. The molecule has 0 amide bonds. The van der Waals surface area contributed by atoms with Crippen molar-refractivity contribution in [2.24, 2.45) is 0 Å². The summed E-state index contributed by atoms with van der Waals surface area (Å²) < 4.78 is 0. The number of pyridine rings is 1. The fourth-order valence-electron chi connectivity index (χ4n) is 1.37. The molecule has 0 spiro atoms. The lowest BCUT2D eigenvalue weighted by Gasteiger charge is -2.06. The summed E-state index contributed by atoms with van der Waals surface area (Å²) in [6.07, 6.45) is 10.5. The summed E-state index contributed by atoms with van der Waals surface area (Å²) in [4.78, 5) is 4.01. The van der Waals surface area contributed by atoms with E-state index in [0.717, 1.165) is 17.6 Å². The summed E-state index contributed by atoms with van der Waals surface area (Å²) in [5.41, 5.74) is 14.7. The number of allylic oxidation sites excluding steroid dienone is 4. The van der Waals surface area contributed by atoms with Gasteiger partial charge < -0.3 is 11.5 Å². The Hall–Kier alpha value is -1.77. The van der Waals surface area contributed by atoms with Gasteiger partial charge in [0.05, 0.1) is 17.6 Å². The second-order valence-corrected chi connectivity index (χ2v) is 2.99. The zero-order chi connectivity index (χ0) is 9.26. The summed E-state index contributed by atoms with van der Waals surface area (Å²) in [5.74, 6) is 0. The Balaban J connectivity index is 2.51. The van der Waals surface area contributed by atoms with E-state index in [-0.39, 0.29) is 0 Å². The Kier molecular flexibility index (Phi) is 1.77. The number of nitrogen functional groups attached to an aromatic ring is 2. The number of aromatic nitrogens is 1. The third-order valence-corrected chi connectivity index (χ3v) is 2.10. The molecule has 4 N–H and O–H groups in total. The van der Waals surface area contributed by atoms with Crippen molar-refractivity contribution in [1.82, 2.24) is 4.98 Å².